The summed E-state index contributed by atoms with van der Waals surface area (Å²) in [5, 5.41) is 17.8. The summed E-state index contributed by atoms with van der Waals surface area (Å²) in [6.45, 7) is 12.9. The average molecular weight is 1030 g/mol. The number of hydrogen-bond donors (Lipinski definition) is 1. The van der Waals surface area contributed by atoms with Gasteiger partial charge in [-0.2, -0.15) is 4.33 Å². The zero-order valence-corrected chi connectivity index (χ0v) is 45.6. The molecule has 2 atom stereocenters. The van der Waals surface area contributed by atoms with Gasteiger partial charge in [0.05, 0.1) is 34.6 Å². The van der Waals surface area contributed by atoms with Gasteiger partial charge in [0.25, 0.3) is 0 Å². The number of nitrogens with one attached hydrogen (secondary N) is 1. The molecule has 13 nitrogen and oxygen atoms in total. The smallest absolute Gasteiger partial charge is 0.744 e. The van der Waals surface area contributed by atoms with Gasteiger partial charge >= 0.3 is 41.5 Å². The molecule has 0 aromatic heterocycles. The van der Waals surface area contributed by atoms with Crippen molar-refractivity contribution in [3.05, 3.63) is 179 Å². The van der Waals surface area contributed by atoms with Crippen LogP contribution in [0.1, 0.15) is 65.5 Å². The Kier molecular flexibility index (Phi) is 16.3. The molecule has 372 valence electrons. The molecule has 73 heavy (non-hydrogen) atoms. The van der Waals surface area contributed by atoms with E-state index in [1.807, 2.05) is 60.7 Å². The van der Waals surface area contributed by atoms with Gasteiger partial charge in [-0.25, -0.2) is 8.42 Å². The van der Waals surface area contributed by atoms with E-state index in [0.717, 1.165) is 96.8 Å². The Hall–Kier alpha value is -5.56. The van der Waals surface area contributed by atoms with Crippen LogP contribution in [0.15, 0.2) is 178 Å². The van der Waals surface area contributed by atoms with Crippen molar-refractivity contribution < 1.29 is 81.1 Å². The Labute approximate surface area is 452 Å². The van der Waals surface area contributed by atoms with Crippen LogP contribution >= 0.6 is 12.0 Å². The van der Waals surface area contributed by atoms with Crippen LogP contribution < -0.4 is 49.5 Å². The molecule has 0 saturated carbocycles. The summed E-state index contributed by atoms with van der Waals surface area (Å²) in [4.78, 5) is 30.2. The molecule has 0 bridgehead atoms. The quantitative estimate of drug-likeness (QED) is 0.0280. The van der Waals surface area contributed by atoms with Crippen molar-refractivity contribution in [1.82, 2.24) is 0 Å². The maximum absolute atomic E-state index is 12.1. The summed E-state index contributed by atoms with van der Waals surface area (Å²) < 4.78 is 51.9. The molecule has 3 aliphatic rings. The molecule has 0 radical (unpaired) electrons. The Bertz CT molecular complexity index is 3280. The standard InChI is InChI=1S/C57H57N3O10S2.Na/c1-37(61)67-33-31-58-49-27-19-41-35-45(71-70-69-63)23-25-47(41)53(49)56(3,4)51(58)29-21-39-17-18-40(55(39)60(43-13-9-7-10-14-43)44-15-11-8-12-16-44)22-30-52-57(5,6)54-48-26-24-46(72(64,65)66)36-42(48)20-28-50(54)59(52)32-34-68-38(2)62;/h7-16,19-30,35-36,51,63H,17-18,31-34H2,1-6H3,(H,64,65,66);/q;+1/p-1/b29-21+,40-22+,52-30+;. The van der Waals surface area contributed by atoms with Crippen molar-refractivity contribution in [1.29, 1.82) is 0 Å². The largest absolute Gasteiger partial charge is 1.00 e. The van der Waals surface area contributed by atoms with Crippen molar-refractivity contribution in [3.63, 3.8) is 0 Å². The van der Waals surface area contributed by atoms with Crippen molar-refractivity contribution in [2.24, 2.45) is 0 Å². The molecule has 0 amide bonds. The Morgan fingerprint density at radius 1 is 0.795 bits per heavy atom. The fraction of sp³-hybridized carbons (Fsp3) is 0.263. The number of esters is 2. The maximum atomic E-state index is 12.1. The van der Waals surface area contributed by atoms with Crippen LogP contribution in [0.5, 0.6) is 0 Å². The third kappa shape index (κ3) is 10.9. The number of carbonyl (C=O) groups is 2. The molecule has 6 aromatic rings. The number of fused-ring (bicyclic) bond motifs is 6. The number of rotatable bonds is 16. The molecule has 16 heteroatoms. The Morgan fingerprint density at radius 3 is 2.08 bits per heavy atom. The summed E-state index contributed by atoms with van der Waals surface area (Å²) in [5.41, 5.74) is 9.41. The van der Waals surface area contributed by atoms with E-state index in [1.54, 1.807) is 6.07 Å². The van der Waals surface area contributed by atoms with E-state index in [1.165, 1.54) is 36.4 Å². The summed E-state index contributed by atoms with van der Waals surface area (Å²) in [6, 6.07) is 39.0. The van der Waals surface area contributed by atoms with Crippen molar-refractivity contribution in [2.45, 2.75) is 81.0 Å². The number of carbonyl (C=O) groups excluding carboxylic acids is 2. The van der Waals surface area contributed by atoms with E-state index in [-0.39, 0.29) is 65.6 Å². The summed E-state index contributed by atoms with van der Waals surface area (Å²) in [5.74, 6) is -0.711. The van der Waals surface area contributed by atoms with Gasteiger partial charge in [-0.05, 0) is 138 Å². The van der Waals surface area contributed by atoms with Gasteiger partial charge in [-0.1, -0.05) is 80.6 Å². The molecule has 2 heterocycles. The Balaban J connectivity index is 0.00000711. The van der Waals surface area contributed by atoms with E-state index < -0.39 is 20.9 Å². The molecule has 6 aromatic carbocycles. The average Bonchev–Trinajstić information content (AvgIpc) is 3.92. The van der Waals surface area contributed by atoms with Gasteiger partial charge in [-0.3, -0.25) is 19.5 Å². The number of para-hydroxylation sites is 2. The van der Waals surface area contributed by atoms with E-state index in [9.17, 15) is 27.8 Å². The second kappa shape index (κ2) is 22.1. The van der Waals surface area contributed by atoms with Crippen LogP contribution in [0.4, 0.5) is 22.7 Å². The molecule has 0 spiro atoms. The molecule has 9 rings (SSSR count). The van der Waals surface area contributed by atoms with Crippen LogP contribution in [0.2, 0.25) is 0 Å². The van der Waals surface area contributed by atoms with Crippen LogP contribution in [0.25, 0.3) is 21.5 Å². The zero-order valence-electron chi connectivity index (χ0n) is 42.0. The maximum Gasteiger partial charge on any atom is 1.00 e. The molecule has 2 unspecified atom stereocenters. The number of quaternary nitrogens is 1. The first-order valence-electron chi connectivity index (χ1n) is 23.9. The molecular formula is C57H56N3NaO10S2. The van der Waals surface area contributed by atoms with Gasteiger partial charge in [0, 0.05) is 58.5 Å². The first kappa shape index (κ1) is 53.7. The van der Waals surface area contributed by atoms with Crippen LogP contribution in [0.3, 0.4) is 0 Å². The topological polar surface area (TPSA) is 162 Å². The zero-order chi connectivity index (χ0) is 51.0. The Morgan fingerprint density at radius 2 is 1.42 bits per heavy atom. The predicted molar refractivity (Wildman–Crippen MR) is 276 cm³/mol. The minimum atomic E-state index is -4.68. The molecule has 2 aliphatic heterocycles. The van der Waals surface area contributed by atoms with Crippen molar-refractivity contribution in [2.75, 3.05) is 36.1 Å². The third-order valence-electron chi connectivity index (χ3n) is 14.2. The second-order valence-corrected chi connectivity index (χ2v) is 21.5. The van der Waals surface area contributed by atoms with E-state index in [0.29, 0.717) is 18.5 Å². The summed E-state index contributed by atoms with van der Waals surface area (Å²) in [6.07, 6.45) is 10.5. The van der Waals surface area contributed by atoms with Gasteiger partial charge in [0.15, 0.2) is 0 Å². The van der Waals surface area contributed by atoms with Gasteiger partial charge in [0.2, 0.25) is 0 Å². The van der Waals surface area contributed by atoms with Crippen molar-refractivity contribution >= 4 is 78.4 Å². The minimum Gasteiger partial charge on any atom is -0.744 e. The number of ether oxygens (including phenoxy) is 2. The monoisotopic (exact) mass is 1030 g/mol. The van der Waals surface area contributed by atoms with Gasteiger partial charge < -0.3 is 29.1 Å². The second-order valence-electron chi connectivity index (χ2n) is 19.3. The summed E-state index contributed by atoms with van der Waals surface area (Å²) >= 11 is 0.857. The van der Waals surface area contributed by atoms with Crippen LogP contribution in [-0.4, -0.2) is 57.3 Å². The number of hydrogen-bond acceptors (Lipinski definition) is 13. The first-order valence-corrected chi connectivity index (χ1v) is 26.0. The molecule has 0 saturated heterocycles. The van der Waals surface area contributed by atoms with Gasteiger partial charge in [-0.15, -0.1) is 0 Å². The molecule has 1 N–H and O–H groups in total. The third-order valence-corrected chi connectivity index (χ3v) is 15.6. The number of allylic oxidation sites excluding steroid dienone is 6. The summed E-state index contributed by atoms with van der Waals surface area (Å²) in [7, 11) is -4.68. The van der Waals surface area contributed by atoms with Gasteiger partial charge in [0.1, 0.15) is 41.6 Å². The van der Waals surface area contributed by atoms with E-state index in [4.69, 9.17) is 9.47 Å². The SMILES string of the molecule is CC(=O)OCCN1/C(=C/C=C2\CCC(/C=C/C3[NH+](CCOC(C)=O)c4ccc5cc(SOO[O-])ccc5c4C3(C)C)=C2N(c2ccccc2)c2ccccc2)C(C)(C)c2c1ccc1cc(S(=O)(=O)[O-])ccc21.[Na+]. The number of benzene rings is 6. The number of nitrogens with zero attached hydrogens (tertiary/aromatic N) is 2. The van der Waals surface area contributed by atoms with Crippen LogP contribution in [0, 0.1) is 0 Å². The van der Waals surface area contributed by atoms with E-state index in [2.05, 4.69) is 114 Å². The minimum absolute atomic E-state index is 0. The predicted octanol–water partition coefficient (Wildman–Crippen LogP) is 6.48. The number of anilines is 3. The molecular weight excluding hydrogens is 974 g/mol. The fourth-order valence-electron chi connectivity index (χ4n) is 11.1. The van der Waals surface area contributed by atoms with E-state index >= 15 is 0 Å². The molecule has 1 aliphatic carbocycles. The molecule has 0 fully saturated rings. The normalized spacial score (nSPS) is 18.9. The van der Waals surface area contributed by atoms with Crippen molar-refractivity contribution in [3.8, 4) is 0 Å². The first-order chi connectivity index (χ1) is 34.5. The van der Waals surface area contributed by atoms with Crippen LogP contribution in [-0.2, 0) is 49.4 Å². The fourth-order valence-corrected chi connectivity index (χ4v) is 12.0.